The van der Waals surface area contributed by atoms with Crippen LogP contribution < -0.4 is 14.8 Å². The number of halogens is 1. The number of nitrogens with zero attached hydrogens (tertiary/aromatic N) is 2. The molecule has 1 heterocycles. The van der Waals surface area contributed by atoms with E-state index in [0.29, 0.717) is 18.3 Å². The fraction of sp³-hybridized carbons (Fsp3) is 0.316. The number of hydrogen-bond donors (Lipinski definition) is 1. The smallest absolute Gasteiger partial charge is 0.340 e. The van der Waals surface area contributed by atoms with Crippen molar-refractivity contribution in [1.82, 2.24) is 4.90 Å². The molecule has 3 rings (SSSR count). The van der Waals surface area contributed by atoms with Crippen LogP contribution in [0, 0.1) is 5.92 Å². The lowest BCUT2D eigenvalue weighted by molar-refractivity contribution is 0.177. The summed E-state index contributed by atoms with van der Waals surface area (Å²) in [6.07, 6.45) is 3.73. The fourth-order valence-corrected chi connectivity index (χ4v) is 4.50. The van der Waals surface area contributed by atoms with E-state index in [9.17, 15) is 8.42 Å². The van der Waals surface area contributed by atoms with Gasteiger partial charge in [0.1, 0.15) is 22.7 Å². The minimum absolute atomic E-state index is 0.0770. The molecule has 150 valence electrons. The Morgan fingerprint density at radius 1 is 1.21 bits per heavy atom. The lowest BCUT2D eigenvalue weighted by Crippen LogP contribution is -2.37. The molecule has 1 aliphatic heterocycles. The van der Waals surface area contributed by atoms with Crippen molar-refractivity contribution in [3.8, 4) is 11.5 Å². The summed E-state index contributed by atoms with van der Waals surface area (Å²) in [6.45, 7) is 2.26. The van der Waals surface area contributed by atoms with Crippen LogP contribution in [0.15, 0.2) is 58.5 Å². The van der Waals surface area contributed by atoms with Crippen LogP contribution in [0.4, 0.5) is 0 Å². The minimum Gasteiger partial charge on any atom is -0.493 e. The third kappa shape index (κ3) is 5.30. The summed E-state index contributed by atoms with van der Waals surface area (Å²) in [7, 11) is -4.03. The number of rotatable bonds is 7. The third-order valence-electron chi connectivity index (χ3n) is 4.38. The van der Waals surface area contributed by atoms with Gasteiger partial charge in [0, 0.05) is 25.1 Å². The maximum Gasteiger partial charge on any atom is 0.340 e. The van der Waals surface area contributed by atoms with Crippen LogP contribution in [0.1, 0.15) is 12.8 Å². The summed E-state index contributed by atoms with van der Waals surface area (Å²) in [6, 6.07) is 12.7. The number of benzene rings is 2. The van der Waals surface area contributed by atoms with E-state index in [1.54, 1.807) is 42.7 Å². The summed E-state index contributed by atoms with van der Waals surface area (Å²) in [5.74, 6) is 6.25. The quantitative estimate of drug-likeness (QED) is 0.242. The Balaban J connectivity index is 1.63. The van der Waals surface area contributed by atoms with Gasteiger partial charge >= 0.3 is 10.1 Å². The number of nitrogens with two attached hydrogens (primary N) is 1. The Morgan fingerprint density at radius 2 is 2.00 bits per heavy atom. The molecule has 0 bridgehead atoms. The predicted molar refractivity (Wildman–Crippen MR) is 108 cm³/mol. The van der Waals surface area contributed by atoms with E-state index in [0.717, 1.165) is 25.9 Å². The number of likely N-dealkylation sites (tertiary alicyclic amines) is 1. The van der Waals surface area contributed by atoms with Gasteiger partial charge in [-0.15, -0.1) is 0 Å². The Morgan fingerprint density at radius 3 is 2.79 bits per heavy atom. The Labute approximate surface area is 169 Å². The van der Waals surface area contributed by atoms with Crippen molar-refractivity contribution in [3.05, 3.63) is 53.6 Å². The van der Waals surface area contributed by atoms with Crippen LogP contribution in [-0.4, -0.2) is 39.4 Å². The van der Waals surface area contributed by atoms with Crippen LogP contribution in [0.2, 0.25) is 5.02 Å². The molecule has 1 unspecified atom stereocenters. The van der Waals surface area contributed by atoms with E-state index in [1.165, 1.54) is 12.1 Å². The molecular weight excluding hydrogens is 402 g/mol. The predicted octanol–water partition coefficient (Wildman–Crippen LogP) is 3.10. The molecular formula is C19H22ClN3O4S. The van der Waals surface area contributed by atoms with Gasteiger partial charge in [-0.25, -0.2) is 0 Å². The highest BCUT2D eigenvalue weighted by atomic mass is 35.5. The van der Waals surface area contributed by atoms with Crippen molar-refractivity contribution in [2.45, 2.75) is 17.7 Å². The second-order valence-corrected chi connectivity index (χ2v) is 8.44. The van der Waals surface area contributed by atoms with Gasteiger partial charge in [0.25, 0.3) is 0 Å². The van der Waals surface area contributed by atoms with Gasteiger partial charge in [0.2, 0.25) is 0 Å². The molecule has 0 amide bonds. The largest absolute Gasteiger partial charge is 0.493 e. The van der Waals surface area contributed by atoms with Crippen molar-refractivity contribution in [1.29, 1.82) is 0 Å². The molecule has 2 aromatic carbocycles. The van der Waals surface area contributed by atoms with Gasteiger partial charge in [0.05, 0.1) is 11.6 Å². The molecule has 1 aliphatic rings. The van der Waals surface area contributed by atoms with Crippen LogP contribution in [-0.2, 0) is 10.1 Å². The van der Waals surface area contributed by atoms with Crippen LogP contribution in [0.3, 0.4) is 0 Å². The van der Waals surface area contributed by atoms with Crippen molar-refractivity contribution >= 4 is 28.1 Å². The summed E-state index contributed by atoms with van der Waals surface area (Å²) in [5, 5.41) is 3.68. The zero-order valence-electron chi connectivity index (χ0n) is 15.2. The van der Waals surface area contributed by atoms with E-state index in [-0.39, 0.29) is 15.7 Å². The molecule has 0 aliphatic carbocycles. The Kier molecular flexibility index (Phi) is 6.64. The van der Waals surface area contributed by atoms with Gasteiger partial charge in [-0.3, -0.25) is 0 Å². The van der Waals surface area contributed by atoms with E-state index >= 15 is 0 Å². The highest BCUT2D eigenvalue weighted by Gasteiger charge is 2.21. The Hall–Kier alpha value is -2.45. The van der Waals surface area contributed by atoms with E-state index in [1.807, 2.05) is 0 Å². The third-order valence-corrected chi connectivity index (χ3v) is 6.13. The summed E-state index contributed by atoms with van der Waals surface area (Å²) < 4.78 is 36.0. The van der Waals surface area contributed by atoms with E-state index in [2.05, 4.69) is 10.0 Å². The summed E-state index contributed by atoms with van der Waals surface area (Å²) >= 11 is 5.97. The lowest BCUT2D eigenvalue weighted by atomic mass is 9.99. The molecule has 1 atom stereocenters. The summed E-state index contributed by atoms with van der Waals surface area (Å²) in [5.41, 5.74) is 0. The first kappa shape index (κ1) is 20.3. The van der Waals surface area contributed by atoms with E-state index < -0.39 is 10.1 Å². The van der Waals surface area contributed by atoms with E-state index in [4.69, 9.17) is 26.4 Å². The number of piperidine rings is 1. The second-order valence-electron chi connectivity index (χ2n) is 6.52. The molecule has 9 heteroatoms. The first-order valence-electron chi connectivity index (χ1n) is 8.87. The molecule has 0 radical (unpaired) electrons. The summed E-state index contributed by atoms with van der Waals surface area (Å²) in [4.78, 5) is 1.99. The zero-order valence-corrected chi connectivity index (χ0v) is 16.8. The number of ether oxygens (including phenoxy) is 1. The van der Waals surface area contributed by atoms with Crippen LogP contribution in [0.25, 0.3) is 0 Å². The molecule has 28 heavy (non-hydrogen) atoms. The van der Waals surface area contributed by atoms with Crippen molar-refractivity contribution in [2.75, 3.05) is 19.7 Å². The monoisotopic (exact) mass is 423 g/mol. The topological polar surface area (TPSA) is 94.2 Å². The molecule has 1 fully saturated rings. The maximum atomic E-state index is 12.5. The number of hydrazone groups is 1. The fourth-order valence-electron chi connectivity index (χ4n) is 3.08. The first-order valence-corrected chi connectivity index (χ1v) is 10.7. The zero-order chi connectivity index (χ0) is 20.0. The minimum atomic E-state index is -4.03. The highest BCUT2D eigenvalue weighted by molar-refractivity contribution is 7.87. The van der Waals surface area contributed by atoms with Crippen LogP contribution >= 0.6 is 11.6 Å². The van der Waals surface area contributed by atoms with Gasteiger partial charge in [-0.1, -0.05) is 29.8 Å². The van der Waals surface area contributed by atoms with Crippen molar-refractivity contribution in [3.63, 3.8) is 0 Å². The Bertz CT molecular complexity index is 936. The van der Waals surface area contributed by atoms with Crippen molar-refractivity contribution < 1.29 is 17.3 Å². The van der Waals surface area contributed by atoms with Gasteiger partial charge < -0.3 is 19.7 Å². The molecule has 2 aromatic rings. The standard InChI is InChI=1S/C19H22ClN3O4S/c20-18-8-1-2-9-19(18)28(24,25)27-17-7-3-6-16(11-17)26-13-15-5-4-10-23(12-15)14-22-21/h1-3,6-9,11,14-15H,4-5,10,12-13,21H2. The molecule has 2 N–H and O–H groups in total. The highest BCUT2D eigenvalue weighted by Crippen LogP contribution is 2.27. The molecule has 7 nitrogen and oxygen atoms in total. The first-order chi connectivity index (χ1) is 13.5. The average Bonchev–Trinajstić information content (AvgIpc) is 2.67. The number of hydrogen-bond acceptors (Lipinski definition) is 6. The molecule has 1 saturated heterocycles. The molecule has 0 saturated carbocycles. The van der Waals surface area contributed by atoms with Crippen LogP contribution in [0.5, 0.6) is 11.5 Å². The molecule has 0 aromatic heterocycles. The SMILES string of the molecule is NN=CN1CCCC(COc2cccc(OS(=O)(=O)c3ccccc3Cl)c2)C1. The van der Waals surface area contributed by atoms with Gasteiger partial charge in [-0.05, 0) is 37.1 Å². The molecule has 0 spiro atoms. The second kappa shape index (κ2) is 9.16. The van der Waals surface area contributed by atoms with Crippen molar-refractivity contribution in [2.24, 2.45) is 16.9 Å². The van der Waals surface area contributed by atoms with Gasteiger partial charge in [-0.2, -0.15) is 13.5 Å². The average molecular weight is 424 g/mol. The lowest BCUT2D eigenvalue weighted by Gasteiger charge is -2.30. The normalized spacial score (nSPS) is 17.6. The van der Waals surface area contributed by atoms with Gasteiger partial charge in [0.15, 0.2) is 0 Å². The maximum absolute atomic E-state index is 12.5.